The summed E-state index contributed by atoms with van der Waals surface area (Å²) in [6.07, 6.45) is 4.22. The van der Waals surface area contributed by atoms with Crippen LogP contribution in [0.15, 0.2) is 12.4 Å². The zero-order valence-electron chi connectivity index (χ0n) is 9.96. The van der Waals surface area contributed by atoms with E-state index in [1.165, 1.54) is 0 Å². The van der Waals surface area contributed by atoms with E-state index < -0.39 is 11.5 Å². The number of carboxylic acid groups (broad SMARTS) is 1. The van der Waals surface area contributed by atoms with Crippen molar-refractivity contribution >= 4 is 5.97 Å². The molecule has 0 aromatic carbocycles. The van der Waals surface area contributed by atoms with Crippen LogP contribution in [0.5, 0.6) is 0 Å². The Morgan fingerprint density at radius 1 is 1.65 bits per heavy atom. The summed E-state index contributed by atoms with van der Waals surface area (Å²) in [4.78, 5) is 17.2. The van der Waals surface area contributed by atoms with Gasteiger partial charge in [0.25, 0.3) is 0 Å². The van der Waals surface area contributed by atoms with Gasteiger partial charge in [-0.15, -0.1) is 0 Å². The normalized spacial score (nSPS) is 25.3. The second kappa shape index (κ2) is 4.46. The first-order valence-electron chi connectivity index (χ1n) is 5.74. The molecule has 2 rings (SSSR count). The number of carbonyl (C=O) groups is 1. The lowest BCUT2D eigenvalue weighted by Crippen LogP contribution is -2.50. The van der Waals surface area contributed by atoms with Gasteiger partial charge in [0.2, 0.25) is 0 Å². The van der Waals surface area contributed by atoms with E-state index in [0.29, 0.717) is 13.0 Å². The summed E-state index contributed by atoms with van der Waals surface area (Å²) >= 11 is 0. The molecule has 1 unspecified atom stereocenters. The zero-order valence-corrected chi connectivity index (χ0v) is 9.96. The Balaban J connectivity index is 1.87. The van der Waals surface area contributed by atoms with Crippen LogP contribution >= 0.6 is 0 Å². The standard InChI is InChI=1S/C11H18N4O2/c1-9-13-3-5-15(9)7-6-14-4-2-11(12,8-14)10(16)17/h3,5H,2,4,6-8,12H2,1H3,(H,16,17). The van der Waals surface area contributed by atoms with E-state index in [1.807, 2.05) is 13.1 Å². The molecule has 6 heteroatoms. The minimum absolute atomic E-state index is 0.427. The van der Waals surface area contributed by atoms with Crippen molar-refractivity contribution in [3.05, 3.63) is 18.2 Å². The molecule has 6 nitrogen and oxygen atoms in total. The lowest BCUT2D eigenvalue weighted by atomic mass is 10.0. The largest absolute Gasteiger partial charge is 0.480 e. The maximum atomic E-state index is 11.0. The molecule has 0 aliphatic carbocycles. The number of likely N-dealkylation sites (tertiary alicyclic amines) is 1. The van der Waals surface area contributed by atoms with Gasteiger partial charge in [0, 0.05) is 38.6 Å². The maximum Gasteiger partial charge on any atom is 0.325 e. The summed E-state index contributed by atoms with van der Waals surface area (Å²) in [6, 6.07) is 0. The topological polar surface area (TPSA) is 84.4 Å². The molecular formula is C11H18N4O2. The number of aliphatic carboxylic acids is 1. The van der Waals surface area contributed by atoms with Crippen LogP contribution < -0.4 is 5.73 Å². The van der Waals surface area contributed by atoms with E-state index in [0.717, 1.165) is 25.5 Å². The molecule has 1 atom stereocenters. The molecule has 0 bridgehead atoms. The number of nitrogens with zero attached hydrogens (tertiary/aromatic N) is 3. The van der Waals surface area contributed by atoms with Crippen LogP contribution in [0, 0.1) is 6.92 Å². The highest BCUT2D eigenvalue weighted by Crippen LogP contribution is 2.18. The first kappa shape index (κ1) is 12.1. The number of rotatable bonds is 4. The molecule has 1 aliphatic heterocycles. The molecular weight excluding hydrogens is 220 g/mol. The van der Waals surface area contributed by atoms with Crippen LogP contribution in [-0.2, 0) is 11.3 Å². The number of nitrogens with two attached hydrogens (primary N) is 1. The Labute approximate surface area is 100 Å². The molecule has 1 aromatic rings. The van der Waals surface area contributed by atoms with E-state index in [2.05, 4.69) is 14.5 Å². The van der Waals surface area contributed by atoms with Gasteiger partial charge in [-0.3, -0.25) is 9.69 Å². The number of carboxylic acids is 1. The third kappa shape index (κ3) is 2.48. The second-order valence-corrected chi connectivity index (χ2v) is 4.66. The Kier molecular flexibility index (Phi) is 3.17. The molecule has 94 valence electrons. The molecule has 1 saturated heterocycles. The summed E-state index contributed by atoms with van der Waals surface area (Å²) in [5.74, 6) is 0.0697. The van der Waals surface area contributed by atoms with Gasteiger partial charge in [-0.25, -0.2) is 4.98 Å². The first-order chi connectivity index (χ1) is 8.01. The number of aryl methyl sites for hydroxylation is 1. The average molecular weight is 238 g/mol. The zero-order chi connectivity index (χ0) is 12.5. The van der Waals surface area contributed by atoms with Gasteiger partial charge >= 0.3 is 5.97 Å². The summed E-state index contributed by atoms with van der Waals surface area (Å²) in [7, 11) is 0. The minimum Gasteiger partial charge on any atom is -0.480 e. The highest BCUT2D eigenvalue weighted by atomic mass is 16.4. The second-order valence-electron chi connectivity index (χ2n) is 4.66. The lowest BCUT2D eigenvalue weighted by molar-refractivity contribution is -0.142. The third-order valence-electron chi connectivity index (χ3n) is 3.39. The van der Waals surface area contributed by atoms with Crippen molar-refractivity contribution in [1.82, 2.24) is 14.5 Å². The van der Waals surface area contributed by atoms with Crippen LogP contribution in [0.4, 0.5) is 0 Å². The van der Waals surface area contributed by atoms with Gasteiger partial charge in [0.1, 0.15) is 11.4 Å². The Morgan fingerprint density at radius 2 is 2.41 bits per heavy atom. The van der Waals surface area contributed by atoms with Crippen LogP contribution in [0.3, 0.4) is 0 Å². The monoisotopic (exact) mass is 238 g/mol. The van der Waals surface area contributed by atoms with E-state index in [9.17, 15) is 4.79 Å². The SMILES string of the molecule is Cc1nccn1CCN1CCC(N)(C(=O)O)C1. The molecule has 0 radical (unpaired) electrons. The van der Waals surface area contributed by atoms with Crippen LogP contribution in [0.1, 0.15) is 12.2 Å². The molecule has 0 amide bonds. The van der Waals surface area contributed by atoms with Crippen LogP contribution in [0.25, 0.3) is 0 Å². The predicted octanol–water partition coefficient (Wildman–Crippen LogP) is -0.321. The summed E-state index contributed by atoms with van der Waals surface area (Å²) in [6.45, 7) is 4.76. The summed E-state index contributed by atoms with van der Waals surface area (Å²) < 4.78 is 2.05. The van der Waals surface area contributed by atoms with Gasteiger partial charge in [-0.05, 0) is 13.3 Å². The lowest BCUT2D eigenvalue weighted by Gasteiger charge is -2.20. The van der Waals surface area contributed by atoms with Crippen molar-refractivity contribution < 1.29 is 9.90 Å². The van der Waals surface area contributed by atoms with Crippen molar-refractivity contribution in [2.45, 2.75) is 25.4 Å². The van der Waals surface area contributed by atoms with Crippen molar-refractivity contribution in [3.8, 4) is 0 Å². The molecule has 1 aromatic heterocycles. The van der Waals surface area contributed by atoms with Gasteiger partial charge in [0.15, 0.2) is 0 Å². The van der Waals surface area contributed by atoms with E-state index >= 15 is 0 Å². The Hall–Kier alpha value is -1.40. The predicted molar refractivity (Wildman–Crippen MR) is 62.6 cm³/mol. The fourth-order valence-corrected chi connectivity index (χ4v) is 2.17. The van der Waals surface area contributed by atoms with Gasteiger partial charge in [-0.1, -0.05) is 0 Å². The maximum absolute atomic E-state index is 11.0. The van der Waals surface area contributed by atoms with E-state index in [1.54, 1.807) is 6.20 Å². The highest BCUT2D eigenvalue weighted by molar-refractivity contribution is 5.79. The Bertz CT molecular complexity index is 417. The van der Waals surface area contributed by atoms with Gasteiger partial charge in [-0.2, -0.15) is 0 Å². The molecule has 0 saturated carbocycles. The van der Waals surface area contributed by atoms with Crippen molar-refractivity contribution in [2.75, 3.05) is 19.6 Å². The van der Waals surface area contributed by atoms with Crippen molar-refractivity contribution in [2.24, 2.45) is 5.73 Å². The van der Waals surface area contributed by atoms with Gasteiger partial charge < -0.3 is 15.4 Å². The third-order valence-corrected chi connectivity index (χ3v) is 3.39. The van der Waals surface area contributed by atoms with Crippen molar-refractivity contribution in [1.29, 1.82) is 0 Å². The fourth-order valence-electron chi connectivity index (χ4n) is 2.17. The number of aromatic nitrogens is 2. The summed E-state index contributed by atoms with van der Waals surface area (Å²) in [5, 5.41) is 9.02. The highest BCUT2D eigenvalue weighted by Gasteiger charge is 2.40. The van der Waals surface area contributed by atoms with Crippen LogP contribution in [-0.4, -0.2) is 50.7 Å². The number of hydrogen-bond acceptors (Lipinski definition) is 4. The van der Waals surface area contributed by atoms with E-state index in [4.69, 9.17) is 10.8 Å². The van der Waals surface area contributed by atoms with Gasteiger partial charge in [0.05, 0.1) is 0 Å². The van der Waals surface area contributed by atoms with E-state index in [-0.39, 0.29) is 0 Å². The number of imidazole rings is 1. The molecule has 2 heterocycles. The quantitative estimate of drug-likeness (QED) is 0.751. The van der Waals surface area contributed by atoms with Crippen LogP contribution in [0.2, 0.25) is 0 Å². The molecule has 3 N–H and O–H groups in total. The first-order valence-corrected chi connectivity index (χ1v) is 5.74. The molecule has 0 spiro atoms. The summed E-state index contributed by atoms with van der Waals surface area (Å²) in [5.41, 5.74) is 4.75. The molecule has 17 heavy (non-hydrogen) atoms. The van der Waals surface area contributed by atoms with Crippen molar-refractivity contribution in [3.63, 3.8) is 0 Å². The number of hydrogen-bond donors (Lipinski definition) is 2. The molecule has 1 aliphatic rings. The fraction of sp³-hybridized carbons (Fsp3) is 0.636. The smallest absolute Gasteiger partial charge is 0.325 e. The average Bonchev–Trinajstić information content (AvgIpc) is 2.83. The minimum atomic E-state index is -1.07. The molecule has 1 fully saturated rings. The Morgan fingerprint density at radius 3 is 2.94 bits per heavy atom.